The maximum Gasteiger partial charge on any atom is 0.251 e. The summed E-state index contributed by atoms with van der Waals surface area (Å²) in [6, 6.07) is 4.79. The van der Waals surface area contributed by atoms with Crippen LogP contribution in [0.2, 0.25) is 0 Å². The molecular formula is C19H30N2O4S. The molecule has 146 valence electrons. The average Bonchev–Trinajstić information content (AvgIpc) is 2.62. The fourth-order valence-corrected chi connectivity index (χ4v) is 4.49. The molecule has 1 amide bonds. The van der Waals surface area contributed by atoms with Gasteiger partial charge in [-0.15, -0.1) is 0 Å². The highest BCUT2D eigenvalue weighted by Gasteiger charge is 2.27. The molecule has 0 aliphatic carbocycles. The summed E-state index contributed by atoms with van der Waals surface area (Å²) in [5.74, 6) is -0.247. The summed E-state index contributed by atoms with van der Waals surface area (Å²) in [5, 5.41) is 2.84. The molecule has 7 heteroatoms. The highest BCUT2D eigenvalue weighted by atomic mass is 32.2. The van der Waals surface area contributed by atoms with Gasteiger partial charge in [0.05, 0.1) is 11.0 Å². The topological polar surface area (TPSA) is 75.7 Å². The van der Waals surface area contributed by atoms with Crippen molar-refractivity contribution < 1.29 is 17.9 Å². The summed E-state index contributed by atoms with van der Waals surface area (Å²) in [5.41, 5.74) is 1.17. The number of hydrogen-bond donors (Lipinski definition) is 1. The Balaban J connectivity index is 2.05. The maximum atomic E-state index is 12.8. The first-order valence-electron chi connectivity index (χ1n) is 9.33. The van der Waals surface area contributed by atoms with Gasteiger partial charge in [-0.05, 0) is 57.7 Å². The second-order valence-electron chi connectivity index (χ2n) is 6.97. The highest BCUT2D eigenvalue weighted by Crippen LogP contribution is 2.22. The van der Waals surface area contributed by atoms with Gasteiger partial charge in [-0.3, -0.25) is 4.79 Å². The molecule has 2 rings (SSSR count). The zero-order valence-corrected chi connectivity index (χ0v) is 16.8. The minimum atomic E-state index is -3.54. The van der Waals surface area contributed by atoms with Gasteiger partial charge in [-0.1, -0.05) is 12.5 Å². The first kappa shape index (κ1) is 20.9. The standard InChI is InChI=1S/C19H30N2O4S/c1-15(2)25-13-7-10-20-19(22)18-14-17(9-8-16(18)3)26(23,24)21-11-5-4-6-12-21/h8-9,14-15H,4-7,10-13H2,1-3H3,(H,20,22). The molecule has 1 aliphatic heterocycles. The number of rotatable bonds is 8. The summed E-state index contributed by atoms with van der Waals surface area (Å²) < 4.78 is 32.6. The van der Waals surface area contributed by atoms with Crippen LogP contribution in [0.15, 0.2) is 23.1 Å². The summed E-state index contributed by atoms with van der Waals surface area (Å²) in [4.78, 5) is 12.7. The van der Waals surface area contributed by atoms with Gasteiger partial charge in [-0.2, -0.15) is 4.31 Å². The lowest BCUT2D eigenvalue weighted by molar-refractivity contribution is 0.0757. The Hall–Kier alpha value is -1.44. The molecule has 26 heavy (non-hydrogen) atoms. The third kappa shape index (κ3) is 5.53. The minimum absolute atomic E-state index is 0.171. The van der Waals surface area contributed by atoms with Gasteiger partial charge < -0.3 is 10.1 Å². The van der Waals surface area contributed by atoms with Crippen molar-refractivity contribution in [3.8, 4) is 0 Å². The molecule has 1 aliphatic rings. The molecule has 1 aromatic carbocycles. The van der Waals surface area contributed by atoms with Crippen molar-refractivity contribution >= 4 is 15.9 Å². The molecule has 0 bridgehead atoms. The third-order valence-corrected chi connectivity index (χ3v) is 6.36. The number of piperidine rings is 1. The van der Waals surface area contributed by atoms with Crippen molar-refractivity contribution in [1.82, 2.24) is 9.62 Å². The largest absolute Gasteiger partial charge is 0.379 e. The molecule has 0 unspecified atom stereocenters. The van der Waals surface area contributed by atoms with Gasteiger partial charge >= 0.3 is 0 Å². The van der Waals surface area contributed by atoms with Crippen LogP contribution in [0.3, 0.4) is 0 Å². The van der Waals surface area contributed by atoms with Gasteiger partial charge in [0, 0.05) is 31.8 Å². The van der Waals surface area contributed by atoms with E-state index in [9.17, 15) is 13.2 Å². The molecule has 1 heterocycles. The van der Waals surface area contributed by atoms with Crippen LogP contribution in [-0.2, 0) is 14.8 Å². The van der Waals surface area contributed by atoms with Crippen LogP contribution in [-0.4, -0.2) is 51.0 Å². The molecule has 0 aromatic heterocycles. The predicted octanol–water partition coefficient (Wildman–Crippen LogP) is 2.71. The van der Waals surface area contributed by atoms with E-state index in [2.05, 4.69) is 5.32 Å². The van der Waals surface area contributed by atoms with E-state index in [-0.39, 0.29) is 16.9 Å². The number of carbonyl (C=O) groups is 1. The number of nitrogens with one attached hydrogen (secondary N) is 1. The van der Waals surface area contributed by atoms with Crippen molar-refractivity contribution in [2.45, 2.75) is 57.5 Å². The molecule has 0 radical (unpaired) electrons. The molecule has 0 spiro atoms. The molecule has 0 atom stereocenters. The number of amides is 1. The Morgan fingerprint density at radius 1 is 1.23 bits per heavy atom. The van der Waals surface area contributed by atoms with Gasteiger partial charge in [0.25, 0.3) is 5.91 Å². The average molecular weight is 383 g/mol. The lowest BCUT2D eigenvalue weighted by Gasteiger charge is -2.26. The fourth-order valence-electron chi connectivity index (χ4n) is 2.95. The summed E-state index contributed by atoms with van der Waals surface area (Å²) in [6.07, 6.45) is 3.72. The van der Waals surface area contributed by atoms with E-state index >= 15 is 0 Å². The second kappa shape index (κ2) is 9.48. The lowest BCUT2D eigenvalue weighted by atomic mass is 10.1. The third-order valence-electron chi connectivity index (χ3n) is 4.46. The Labute approximate surface area is 157 Å². The number of sulfonamides is 1. The number of carbonyl (C=O) groups excluding carboxylic acids is 1. The molecule has 1 N–H and O–H groups in total. The molecule has 0 saturated carbocycles. The van der Waals surface area contributed by atoms with E-state index in [1.165, 1.54) is 10.4 Å². The zero-order chi connectivity index (χ0) is 19.2. The highest BCUT2D eigenvalue weighted by molar-refractivity contribution is 7.89. The molecular weight excluding hydrogens is 352 g/mol. The number of nitrogens with zero attached hydrogens (tertiary/aromatic N) is 1. The van der Waals surface area contributed by atoms with Crippen molar-refractivity contribution in [2.75, 3.05) is 26.2 Å². The van der Waals surface area contributed by atoms with Gasteiger partial charge in [-0.25, -0.2) is 8.42 Å². The molecule has 1 aromatic rings. The van der Waals surface area contributed by atoms with E-state index < -0.39 is 10.0 Å². The van der Waals surface area contributed by atoms with E-state index in [0.29, 0.717) is 38.2 Å². The predicted molar refractivity (Wildman–Crippen MR) is 102 cm³/mol. The minimum Gasteiger partial charge on any atom is -0.379 e. The smallest absolute Gasteiger partial charge is 0.251 e. The van der Waals surface area contributed by atoms with Crippen molar-refractivity contribution in [3.63, 3.8) is 0 Å². The molecule has 6 nitrogen and oxygen atoms in total. The lowest BCUT2D eigenvalue weighted by Crippen LogP contribution is -2.35. The number of aryl methyl sites for hydroxylation is 1. The van der Waals surface area contributed by atoms with Crippen LogP contribution in [0.5, 0.6) is 0 Å². The molecule has 1 saturated heterocycles. The number of ether oxygens (including phenoxy) is 1. The molecule has 1 fully saturated rings. The summed E-state index contributed by atoms with van der Waals surface area (Å²) >= 11 is 0. The van der Waals surface area contributed by atoms with Gasteiger partial charge in [0.1, 0.15) is 0 Å². The van der Waals surface area contributed by atoms with Crippen LogP contribution in [0.1, 0.15) is 55.5 Å². The summed E-state index contributed by atoms with van der Waals surface area (Å²) in [7, 11) is -3.54. The number of hydrogen-bond acceptors (Lipinski definition) is 4. The van der Waals surface area contributed by atoms with Gasteiger partial charge in [0.15, 0.2) is 0 Å². The van der Waals surface area contributed by atoms with E-state index in [0.717, 1.165) is 24.8 Å². The van der Waals surface area contributed by atoms with Crippen LogP contribution >= 0.6 is 0 Å². The first-order chi connectivity index (χ1) is 12.3. The normalized spacial score (nSPS) is 16.0. The monoisotopic (exact) mass is 382 g/mol. The Bertz CT molecular complexity index is 710. The van der Waals surface area contributed by atoms with Gasteiger partial charge in [0.2, 0.25) is 10.0 Å². The Morgan fingerprint density at radius 2 is 1.92 bits per heavy atom. The summed E-state index contributed by atoms with van der Waals surface area (Å²) in [6.45, 7) is 7.93. The SMILES string of the molecule is Cc1ccc(S(=O)(=O)N2CCCCC2)cc1C(=O)NCCCOC(C)C. The van der Waals surface area contributed by atoms with Crippen LogP contribution in [0, 0.1) is 6.92 Å². The van der Waals surface area contributed by atoms with Crippen molar-refractivity contribution in [1.29, 1.82) is 0 Å². The Kier molecular flexibility index (Phi) is 7.61. The van der Waals surface area contributed by atoms with E-state index in [4.69, 9.17) is 4.74 Å². The van der Waals surface area contributed by atoms with Crippen molar-refractivity contribution in [2.24, 2.45) is 0 Å². The fraction of sp³-hybridized carbons (Fsp3) is 0.632. The van der Waals surface area contributed by atoms with Crippen LogP contribution in [0.25, 0.3) is 0 Å². The van der Waals surface area contributed by atoms with E-state index in [1.807, 2.05) is 20.8 Å². The number of benzene rings is 1. The second-order valence-corrected chi connectivity index (χ2v) is 8.91. The first-order valence-corrected chi connectivity index (χ1v) is 10.8. The van der Waals surface area contributed by atoms with E-state index in [1.54, 1.807) is 12.1 Å². The Morgan fingerprint density at radius 3 is 2.58 bits per heavy atom. The van der Waals surface area contributed by atoms with Crippen molar-refractivity contribution in [3.05, 3.63) is 29.3 Å². The maximum absolute atomic E-state index is 12.8. The zero-order valence-electron chi connectivity index (χ0n) is 16.0. The van der Waals surface area contributed by atoms with Crippen LogP contribution in [0.4, 0.5) is 0 Å². The quantitative estimate of drug-likeness (QED) is 0.702. The van der Waals surface area contributed by atoms with Crippen LogP contribution < -0.4 is 5.32 Å².